The molecule has 17 heavy (non-hydrogen) atoms. The molecule has 0 saturated heterocycles. The molecule has 0 fully saturated rings. The molecule has 1 nitrogen and oxygen atoms in total. The van der Waals surface area contributed by atoms with Crippen LogP contribution in [-0.2, 0) is 0 Å². The minimum Gasteiger partial charge on any atom is -0.309 e. The molecular formula is C13H13ClFNS. The lowest BCUT2D eigenvalue weighted by Crippen LogP contribution is -2.16. The Morgan fingerprint density at radius 2 is 2.06 bits per heavy atom. The number of rotatable bonds is 3. The van der Waals surface area contributed by atoms with Gasteiger partial charge in [0.15, 0.2) is 0 Å². The van der Waals surface area contributed by atoms with Crippen LogP contribution in [0.2, 0.25) is 4.34 Å². The number of hydrogen-bond donors (Lipinski definition) is 1. The van der Waals surface area contributed by atoms with Gasteiger partial charge in [0.2, 0.25) is 0 Å². The Balaban J connectivity index is 2.38. The fourth-order valence-electron chi connectivity index (χ4n) is 1.80. The first-order valence-electron chi connectivity index (χ1n) is 5.30. The van der Waals surface area contributed by atoms with E-state index in [1.807, 2.05) is 25.2 Å². The average Bonchev–Trinajstić information content (AvgIpc) is 2.71. The molecule has 0 radical (unpaired) electrons. The highest BCUT2D eigenvalue weighted by molar-refractivity contribution is 7.16. The van der Waals surface area contributed by atoms with Crippen LogP contribution in [-0.4, -0.2) is 7.05 Å². The van der Waals surface area contributed by atoms with Crippen molar-refractivity contribution in [2.45, 2.75) is 13.0 Å². The topological polar surface area (TPSA) is 12.0 Å². The van der Waals surface area contributed by atoms with Gasteiger partial charge in [-0.25, -0.2) is 4.39 Å². The van der Waals surface area contributed by atoms with Gasteiger partial charge in [0, 0.05) is 4.88 Å². The Morgan fingerprint density at radius 1 is 1.29 bits per heavy atom. The lowest BCUT2D eigenvalue weighted by molar-refractivity contribution is 0.614. The molecule has 2 aromatic rings. The normalized spacial score (nSPS) is 12.7. The summed E-state index contributed by atoms with van der Waals surface area (Å²) >= 11 is 7.47. The molecule has 1 atom stereocenters. The number of hydrogen-bond acceptors (Lipinski definition) is 2. The summed E-state index contributed by atoms with van der Waals surface area (Å²) < 4.78 is 14.0. The Morgan fingerprint density at radius 3 is 2.59 bits per heavy atom. The molecule has 1 aromatic carbocycles. The maximum atomic E-state index is 13.2. The molecule has 0 aliphatic heterocycles. The third-order valence-corrected chi connectivity index (χ3v) is 3.98. The molecule has 0 aliphatic rings. The maximum Gasteiger partial charge on any atom is 0.126 e. The van der Waals surface area contributed by atoms with E-state index in [0.717, 1.165) is 14.8 Å². The minimum absolute atomic E-state index is 0.0619. The third-order valence-electron chi connectivity index (χ3n) is 2.68. The van der Waals surface area contributed by atoms with Crippen molar-refractivity contribution in [3.05, 3.63) is 56.5 Å². The van der Waals surface area contributed by atoms with E-state index in [2.05, 4.69) is 5.32 Å². The number of thiophene rings is 1. The van der Waals surface area contributed by atoms with Gasteiger partial charge in [0.25, 0.3) is 0 Å². The molecule has 0 aliphatic carbocycles. The molecule has 1 aromatic heterocycles. The summed E-state index contributed by atoms with van der Waals surface area (Å²) in [6.07, 6.45) is 0. The van der Waals surface area contributed by atoms with Gasteiger partial charge in [-0.2, -0.15) is 0 Å². The van der Waals surface area contributed by atoms with E-state index in [1.54, 1.807) is 13.0 Å². The summed E-state index contributed by atoms with van der Waals surface area (Å²) in [5, 5.41) is 3.22. The van der Waals surface area contributed by atoms with Crippen LogP contribution in [0, 0.1) is 12.7 Å². The number of benzene rings is 1. The van der Waals surface area contributed by atoms with Crippen LogP contribution >= 0.6 is 22.9 Å². The van der Waals surface area contributed by atoms with Crippen LogP contribution in [0.4, 0.5) is 4.39 Å². The Bertz CT molecular complexity index is 524. The van der Waals surface area contributed by atoms with Gasteiger partial charge < -0.3 is 5.32 Å². The van der Waals surface area contributed by atoms with Crippen LogP contribution in [0.1, 0.15) is 22.0 Å². The van der Waals surface area contributed by atoms with Gasteiger partial charge in [0.05, 0.1) is 10.4 Å². The van der Waals surface area contributed by atoms with Crippen molar-refractivity contribution in [3.8, 4) is 0 Å². The fraction of sp³-hybridized carbons (Fsp3) is 0.231. The second-order valence-corrected chi connectivity index (χ2v) is 5.62. The van der Waals surface area contributed by atoms with E-state index in [1.165, 1.54) is 17.4 Å². The number of halogens is 2. The lowest BCUT2D eigenvalue weighted by atomic mass is 10.0. The first-order chi connectivity index (χ1) is 8.11. The van der Waals surface area contributed by atoms with E-state index < -0.39 is 0 Å². The van der Waals surface area contributed by atoms with Crippen molar-refractivity contribution in [1.82, 2.24) is 5.32 Å². The lowest BCUT2D eigenvalue weighted by Gasteiger charge is -2.15. The minimum atomic E-state index is -0.173. The van der Waals surface area contributed by atoms with Gasteiger partial charge in [-0.05, 0) is 43.3 Å². The summed E-state index contributed by atoms with van der Waals surface area (Å²) in [6.45, 7) is 1.77. The Kier molecular flexibility index (Phi) is 3.82. The molecule has 0 bridgehead atoms. The van der Waals surface area contributed by atoms with Crippen molar-refractivity contribution in [3.63, 3.8) is 0 Å². The molecule has 2 rings (SSSR count). The molecule has 0 spiro atoms. The summed E-state index contributed by atoms with van der Waals surface area (Å²) in [7, 11) is 1.89. The molecule has 0 saturated carbocycles. The molecule has 1 unspecified atom stereocenters. The second kappa shape index (κ2) is 5.17. The largest absolute Gasteiger partial charge is 0.309 e. The zero-order valence-electron chi connectivity index (χ0n) is 9.63. The van der Waals surface area contributed by atoms with E-state index in [9.17, 15) is 4.39 Å². The van der Waals surface area contributed by atoms with Crippen molar-refractivity contribution in [1.29, 1.82) is 0 Å². The van der Waals surface area contributed by atoms with Crippen LogP contribution in [0.5, 0.6) is 0 Å². The highest BCUT2D eigenvalue weighted by atomic mass is 35.5. The summed E-state index contributed by atoms with van der Waals surface area (Å²) in [6, 6.07) is 9.10. The predicted molar refractivity (Wildman–Crippen MR) is 71.4 cm³/mol. The van der Waals surface area contributed by atoms with Crippen molar-refractivity contribution in [2.24, 2.45) is 0 Å². The van der Waals surface area contributed by atoms with Gasteiger partial charge in [-0.15, -0.1) is 11.3 Å². The molecule has 90 valence electrons. The first-order valence-corrected chi connectivity index (χ1v) is 6.50. The molecule has 1 N–H and O–H groups in total. The summed E-state index contributed by atoms with van der Waals surface area (Å²) in [5.41, 5.74) is 1.70. The van der Waals surface area contributed by atoms with Gasteiger partial charge >= 0.3 is 0 Å². The van der Waals surface area contributed by atoms with Crippen molar-refractivity contribution in [2.75, 3.05) is 7.05 Å². The van der Waals surface area contributed by atoms with E-state index in [4.69, 9.17) is 11.6 Å². The van der Waals surface area contributed by atoms with Crippen molar-refractivity contribution >= 4 is 22.9 Å². The SMILES string of the molecule is CNC(c1ccc(F)c(C)c1)c1ccc(Cl)s1. The quantitative estimate of drug-likeness (QED) is 0.882. The van der Waals surface area contributed by atoms with Crippen LogP contribution in [0.25, 0.3) is 0 Å². The number of nitrogens with one attached hydrogen (secondary N) is 1. The van der Waals surface area contributed by atoms with E-state index in [0.29, 0.717) is 5.56 Å². The molecule has 1 heterocycles. The fourth-order valence-corrected chi connectivity index (χ4v) is 3.00. The maximum absolute atomic E-state index is 13.2. The van der Waals surface area contributed by atoms with Crippen LogP contribution < -0.4 is 5.32 Å². The number of aryl methyl sites for hydroxylation is 1. The summed E-state index contributed by atoms with van der Waals surface area (Å²) in [4.78, 5) is 1.13. The highest BCUT2D eigenvalue weighted by Crippen LogP contribution is 2.31. The van der Waals surface area contributed by atoms with Gasteiger partial charge in [-0.1, -0.05) is 23.7 Å². The first kappa shape index (κ1) is 12.6. The van der Waals surface area contributed by atoms with E-state index >= 15 is 0 Å². The Hall–Kier alpha value is -0.900. The van der Waals surface area contributed by atoms with Crippen LogP contribution in [0.3, 0.4) is 0 Å². The van der Waals surface area contributed by atoms with Crippen LogP contribution in [0.15, 0.2) is 30.3 Å². The standard InChI is InChI=1S/C13H13ClFNS/c1-8-7-9(3-4-10(8)15)13(16-2)11-5-6-12(14)17-11/h3-7,13,16H,1-2H3. The van der Waals surface area contributed by atoms with Gasteiger partial charge in [-0.3, -0.25) is 0 Å². The molecule has 4 heteroatoms. The average molecular weight is 270 g/mol. The smallest absolute Gasteiger partial charge is 0.126 e. The van der Waals surface area contributed by atoms with Crippen molar-refractivity contribution < 1.29 is 4.39 Å². The summed E-state index contributed by atoms with van der Waals surface area (Å²) in [5.74, 6) is -0.173. The second-order valence-electron chi connectivity index (χ2n) is 3.87. The van der Waals surface area contributed by atoms with Gasteiger partial charge in [0.1, 0.15) is 5.82 Å². The highest BCUT2D eigenvalue weighted by Gasteiger charge is 2.14. The zero-order valence-corrected chi connectivity index (χ0v) is 11.2. The third kappa shape index (κ3) is 2.68. The monoisotopic (exact) mass is 269 g/mol. The predicted octanol–water partition coefficient (Wildman–Crippen LogP) is 4.16. The molecular weight excluding hydrogens is 257 g/mol. The van der Waals surface area contributed by atoms with E-state index in [-0.39, 0.29) is 11.9 Å². The Labute approximate surface area is 109 Å². The zero-order chi connectivity index (χ0) is 12.4. The molecule has 0 amide bonds.